The Labute approximate surface area is 265 Å². The number of hydrogen-bond donors (Lipinski definition) is 1. The van der Waals surface area contributed by atoms with Crippen LogP contribution < -0.4 is 19.1 Å². The van der Waals surface area contributed by atoms with Crippen LogP contribution in [0.2, 0.25) is 5.02 Å². The van der Waals surface area contributed by atoms with Gasteiger partial charge in [-0.2, -0.15) is 0 Å². The number of sulfonamides is 1. The maximum atomic E-state index is 14.3. The first-order valence-electron chi connectivity index (χ1n) is 14.8. The summed E-state index contributed by atoms with van der Waals surface area (Å²) in [6, 6.07) is 18.9. The highest BCUT2D eigenvalue weighted by Crippen LogP contribution is 2.32. The lowest BCUT2D eigenvalue weighted by Gasteiger charge is -2.34. The fourth-order valence-electron chi connectivity index (χ4n) is 5.49. The van der Waals surface area contributed by atoms with Gasteiger partial charge in [-0.05, 0) is 67.3 Å². The Balaban J connectivity index is 1.73. The predicted molar refractivity (Wildman–Crippen MR) is 172 cm³/mol. The van der Waals surface area contributed by atoms with Crippen LogP contribution in [0.3, 0.4) is 0 Å². The van der Waals surface area contributed by atoms with Gasteiger partial charge < -0.3 is 19.7 Å². The van der Waals surface area contributed by atoms with Gasteiger partial charge in [0, 0.05) is 12.6 Å². The first-order chi connectivity index (χ1) is 21.2. The Morgan fingerprint density at radius 2 is 1.68 bits per heavy atom. The number of carbonyl (C=O) groups is 2. The number of amides is 2. The SMILES string of the molecule is CC[C@@H](C(=O)NC1CCCCC1)N(Cc1cccc(OC)c1)C(=O)CN(c1ccc(OC)c(Cl)c1)S(=O)(=O)c1ccccc1. The van der Waals surface area contributed by atoms with Gasteiger partial charge in [-0.3, -0.25) is 13.9 Å². The Kier molecular flexibility index (Phi) is 11.5. The zero-order chi connectivity index (χ0) is 31.7. The van der Waals surface area contributed by atoms with Crippen molar-refractivity contribution >= 4 is 39.1 Å². The Morgan fingerprint density at radius 3 is 2.32 bits per heavy atom. The van der Waals surface area contributed by atoms with E-state index in [1.54, 1.807) is 43.5 Å². The second kappa shape index (κ2) is 15.3. The minimum absolute atomic E-state index is 0.0150. The summed E-state index contributed by atoms with van der Waals surface area (Å²) in [4.78, 5) is 29.5. The molecule has 1 fully saturated rings. The molecule has 0 radical (unpaired) electrons. The highest BCUT2D eigenvalue weighted by atomic mass is 35.5. The van der Waals surface area contributed by atoms with Crippen LogP contribution in [0.1, 0.15) is 51.0 Å². The first-order valence-corrected chi connectivity index (χ1v) is 16.6. The van der Waals surface area contributed by atoms with Crippen LogP contribution in [0, 0.1) is 0 Å². The van der Waals surface area contributed by atoms with Gasteiger partial charge in [-0.15, -0.1) is 0 Å². The predicted octanol–water partition coefficient (Wildman–Crippen LogP) is 5.81. The highest BCUT2D eigenvalue weighted by Gasteiger charge is 2.34. The molecule has 1 aliphatic rings. The van der Waals surface area contributed by atoms with Crippen LogP contribution in [0.15, 0.2) is 77.7 Å². The van der Waals surface area contributed by atoms with Gasteiger partial charge >= 0.3 is 0 Å². The third kappa shape index (κ3) is 8.04. The molecule has 4 rings (SSSR count). The van der Waals surface area contributed by atoms with E-state index in [1.807, 2.05) is 19.1 Å². The second-order valence-electron chi connectivity index (χ2n) is 10.8. The maximum Gasteiger partial charge on any atom is 0.264 e. The van der Waals surface area contributed by atoms with Crippen LogP contribution in [0.5, 0.6) is 11.5 Å². The normalized spacial score (nSPS) is 14.4. The summed E-state index contributed by atoms with van der Waals surface area (Å²) in [6.07, 6.45) is 5.37. The molecule has 11 heteroatoms. The zero-order valence-electron chi connectivity index (χ0n) is 25.4. The van der Waals surface area contributed by atoms with Crippen LogP contribution >= 0.6 is 11.6 Å². The summed E-state index contributed by atoms with van der Waals surface area (Å²) in [5.74, 6) is 0.185. The molecular formula is C33H40ClN3O6S. The third-order valence-electron chi connectivity index (χ3n) is 7.86. The zero-order valence-corrected chi connectivity index (χ0v) is 26.9. The average Bonchev–Trinajstić information content (AvgIpc) is 3.04. The first kappa shape index (κ1) is 33.1. The number of rotatable bonds is 13. The summed E-state index contributed by atoms with van der Waals surface area (Å²) in [7, 11) is -1.19. The molecular weight excluding hydrogens is 602 g/mol. The number of hydrogen-bond acceptors (Lipinski definition) is 6. The fourth-order valence-corrected chi connectivity index (χ4v) is 7.17. The Hall–Kier alpha value is -3.76. The van der Waals surface area contributed by atoms with Crippen molar-refractivity contribution in [3.63, 3.8) is 0 Å². The molecule has 0 aromatic heterocycles. The number of benzene rings is 3. The molecule has 1 atom stereocenters. The molecule has 44 heavy (non-hydrogen) atoms. The van der Waals surface area contributed by atoms with Crippen molar-refractivity contribution in [2.24, 2.45) is 0 Å². The molecule has 2 amide bonds. The number of ether oxygens (including phenoxy) is 2. The number of methoxy groups -OCH3 is 2. The summed E-state index contributed by atoms with van der Waals surface area (Å²) in [5, 5.41) is 3.35. The third-order valence-corrected chi connectivity index (χ3v) is 9.94. The van der Waals surface area contributed by atoms with E-state index in [0.29, 0.717) is 17.9 Å². The van der Waals surface area contributed by atoms with Crippen molar-refractivity contribution in [2.75, 3.05) is 25.1 Å². The Bertz CT molecular complexity index is 1530. The van der Waals surface area contributed by atoms with Crippen molar-refractivity contribution < 1.29 is 27.5 Å². The van der Waals surface area contributed by atoms with E-state index in [1.165, 1.54) is 36.3 Å². The van der Waals surface area contributed by atoms with Gasteiger partial charge in [0.2, 0.25) is 11.8 Å². The van der Waals surface area contributed by atoms with Crippen molar-refractivity contribution in [2.45, 2.75) is 69.0 Å². The van der Waals surface area contributed by atoms with Gasteiger partial charge in [-0.1, -0.05) is 68.1 Å². The highest BCUT2D eigenvalue weighted by molar-refractivity contribution is 7.92. The molecule has 236 valence electrons. The molecule has 1 saturated carbocycles. The summed E-state index contributed by atoms with van der Waals surface area (Å²) in [6.45, 7) is 1.37. The van der Waals surface area contributed by atoms with Gasteiger partial charge in [0.1, 0.15) is 24.1 Å². The molecule has 1 aliphatic carbocycles. The van der Waals surface area contributed by atoms with Gasteiger partial charge in [0.15, 0.2) is 0 Å². The van der Waals surface area contributed by atoms with E-state index in [-0.39, 0.29) is 34.1 Å². The van der Waals surface area contributed by atoms with Crippen molar-refractivity contribution in [1.29, 1.82) is 0 Å². The molecule has 0 heterocycles. The largest absolute Gasteiger partial charge is 0.497 e. The lowest BCUT2D eigenvalue weighted by Crippen LogP contribution is -2.54. The van der Waals surface area contributed by atoms with E-state index >= 15 is 0 Å². The molecule has 0 aliphatic heterocycles. The molecule has 0 unspecified atom stereocenters. The average molecular weight is 642 g/mol. The standard InChI is InChI=1S/C33H40ClN3O6S/c1-4-30(33(39)35-25-13-7-5-8-14-25)36(22-24-12-11-15-27(20-24)42-2)32(38)23-37(26-18-19-31(43-3)29(34)21-26)44(40,41)28-16-9-6-10-17-28/h6,9-12,15-21,25,30H,4-5,7-8,13-14,22-23H2,1-3H3,(H,35,39)/t30-/m0/s1. The van der Waals surface area contributed by atoms with Gasteiger partial charge in [0.25, 0.3) is 10.0 Å². The van der Waals surface area contributed by atoms with Crippen molar-refractivity contribution in [3.8, 4) is 11.5 Å². The fraction of sp³-hybridized carbons (Fsp3) is 0.394. The van der Waals surface area contributed by atoms with E-state index < -0.39 is 28.5 Å². The number of nitrogens with one attached hydrogen (secondary N) is 1. The van der Waals surface area contributed by atoms with Crippen LogP contribution in [0.25, 0.3) is 0 Å². The molecule has 1 N–H and O–H groups in total. The molecule has 9 nitrogen and oxygen atoms in total. The minimum atomic E-state index is -4.21. The van der Waals surface area contributed by atoms with Gasteiger partial charge in [-0.25, -0.2) is 8.42 Å². The molecule has 0 bridgehead atoms. The van der Waals surface area contributed by atoms with E-state index in [4.69, 9.17) is 21.1 Å². The number of carbonyl (C=O) groups excluding carboxylic acids is 2. The maximum absolute atomic E-state index is 14.3. The minimum Gasteiger partial charge on any atom is -0.497 e. The lowest BCUT2D eigenvalue weighted by atomic mass is 9.95. The van der Waals surface area contributed by atoms with E-state index in [2.05, 4.69) is 5.32 Å². The van der Waals surface area contributed by atoms with E-state index in [0.717, 1.165) is 42.0 Å². The molecule has 0 saturated heterocycles. The molecule has 0 spiro atoms. The number of nitrogens with zero attached hydrogens (tertiary/aromatic N) is 2. The lowest BCUT2D eigenvalue weighted by molar-refractivity contribution is -0.140. The topological polar surface area (TPSA) is 105 Å². The van der Waals surface area contributed by atoms with Gasteiger partial charge in [0.05, 0.1) is 29.8 Å². The van der Waals surface area contributed by atoms with Crippen LogP contribution in [-0.2, 0) is 26.2 Å². The smallest absolute Gasteiger partial charge is 0.264 e. The number of halogens is 1. The molecule has 3 aromatic carbocycles. The van der Waals surface area contributed by atoms with Crippen LogP contribution in [0.4, 0.5) is 5.69 Å². The molecule has 3 aromatic rings. The van der Waals surface area contributed by atoms with E-state index in [9.17, 15) is 18.0 Å². The monoisotopic (exact) mass is 641 g/mol. The second-order valence-corrected chi connectivity index (χ2v) is 13.1. The van der Waals surface area contributed by atoms with Crippen molar-refractivity contribution in [1.82, 2.24) is 10.2 Å². The number of anilines is 1. The summed E-state index contributed by atoms with van der Waals surface area (Å²) >= 11 is 6.41. The van der Waals surface area contributed by atoms with Crippen LogP contribution in [-0.4, -0.2) is 58.0 Å². The Morgan fingerprint density at radius 1 is 0.955 bits per heavy atom. The van der Waals surface area contributed by atoms with Crippen molar-refractivity contribution in [3.05, 3.63) is 83.4 Å². The summed E-state index contributed by atoms with van der Waals surface area (Å²) in [5.41, 5.74) is 0.931. The summed E-state index contributed by atoms with van der Waals surface area (Å²) < 4.78 is 39.7. The quantitative estimate of drug-likeness (QED) is 0.253.